The van der Waals surface area contributed by atoms with Gasteiger partial charge in [-0.2, -0.15) is 4.31 Å². The number of nitrogens with zero attached hydrogens (tertiary/aromatic N) is 3. The average Bonchev–Trinajstić information content (AvgIpc) is 3.21. The lowest BCUT2D eigenvalue weighted by Crippen LogP contribution is -2.43. The quantitative estimate of drug-likeness (QED) is 0.743. The van der Waals surface area contributed by atoms with Crippen LogP contribution >= 0.6 is 0 Å². The molecule has 0 saturated carbocycles. The molecule has 1 aromatic carbocycles. The van der Waals surface area contributed by atoms with Crippen molar-refractivity contribution < 1.29 is 17.9 Å². The summed E-state index contributed by atoms with van der Waals surface area (Å²) >= 11 is 0. The summed E-state index contributed by atoms with van der Waals surface area (Å²) in [4.78, 5) is 16.9. The van der Waals surface area contributed by atoms with Gasteiger partial charge in [-0.15, -0.1) is 0 Å². The monoisotopic (exact) mass is 420 g/mol. The van der Waals surface area contributed by atoms with Crippen LogP contribution in [0.2, 0.25) is 0 Å². The Kier molecular flexibility index (Phi) is 6.59. The number of rotatable bonds is 7. The van der Waals surface area contributed by atoms with Gasteiger partial charge in [0.2, 0.25) is 5.91 Å². The number of imidazole rings is 1. The van der Waals surface area contributed by atoms with Crippen LogP contribution in [-0.2, 0) is 14.8 Å². The maximum Gasteiger partial charge on any atom is 0.262 e. The van der Waals surface area contributed by atoms with Crippen molar-refractivity contribution in [2.24, 2.45) is 5.92 Å². The Hall–Kier alpha value is -2.39. The van der Waals surface area contributed by atoms with Gasteiger partial charge in [-0.1, -0.05) is 12.1 Å². The first-order valence-electron chi connectivity index (χ1n) is 9.89. The Labute approximate surface area is 171 Å². The van der Waals surface area contributed by atoms with Crippen molar-refractivity contribution in [3.63, 3.8) is 0 Å². The fourth-order valence-corrected chi connectivity index (χ4v) is 4.77. The molecular weight excluding hydrogens is 392 g/mol. The lowest BCUT2D eigenvalue weighted by atomic mass is 9.98. The molecule has 0 aliphatic carbocycles. The zero-order valence-electron chi connectivity index (χ0n) is 17.0. The van der Waals surface area contributed by atoms with Gasteiger partial charge in [0.15, 0.2) is 5.03 Å². The van der Waals surface area contributed by atoms with Crippen LogP contribution in [0.3, 0.4) is 0 Å². The highest BCUT2D eigenvalue weighted by molar-refractivity contribution is 7.89. The van der Waals surface area contributed by atoms with Crippen LogP contribution in [0.15, 0.2) is 41.8 Å². The molecule has 0 bridgehead atoms. The van der Waals surface area contributed by atoms with Crippen LogP contribution in [0.5, 0.6) is 5.75 Å². The molecule has 158 valence electrons. The molecule has 1 aliphatic heterocycles. The zero-order valence-corrected chi connectivity index (χ0v) is 17.9. The van der Waals surface area contributed by atoms with Crippen molar-refractivity contribution >= 4 is 21.6 Å². The van der Waals surface area contributed by atoms with Crippen molar-refractivity contribution in [2.45, 2.75) is 44.7 Å². The van der Waals surface area contributed by atoms with Crippen molar-refractivity contribution in [1.82, 2.24) is 13.9 Å². The van der Waals surface area contributed by atoms with Gasteiger partial charge in [0.1, 0.15) is 5.75 Å². The van der Waals surface area contributed by atoms with E-state index in [-0.39, 0.29) is 23.5 Å². The molecule has 1 atom stereocenters. The van der Waals surface area contributed by atoms with Crippen molar-refractivity contribution in [1.29, 1.82) is 0 Å². The summed E-state index contributed by atoms with van der Waals surface area (Å²) in [6.07, 6.45) is 4.32. The Morgan fingerprint density at radius 3 is 2.79 bits per heavy atom. The normalized spacial score (nSPS) is 18.0. The predicted molar refractivity (Wildman–Crippen MR) is 110 cm³/mol. The number of carbonyl (C=O) groups excluding carboxylic acids is 1. The van der Waals surface area contributed by atoms with Crippen LogP contribution in [0.25, 0.3) is 0 Å². The molecule has 1 fully saturated rings. The number of carbonyl (C=O) groups is 1. The van der Waals surface area contributed by atoms with E-state index < -0.39 is 15.9 Å². The van der Waals surface area contributed by atoms with E-state index in [1.54, 1.807) is 22.9 Å². The number of nitrogens with one attached hydrogen (secondary N) is 1. The molecule has 2 heterocycles. The van der Waals surface area contributed by atoms with Gasteiger partial charge in [-0.3, -0.25) is 4.79 Å². The second-order valence-electron chi connectivity index (χ2n) is 7.37. The van der Waals surface area contributed by atoms with E-state index in [0.717, 1.165) is 0 Å². The van der Waals surface area contributed by atoms with Crippen LogP contribution < -0.4 is 10.1 Å². The highest BCUT2D eigenvalue weighted by atomic mass is 32.2. The molecule has 29 heavy (non-hydrogen) atoms. The molecule has 0 radical (unpaired) electrons. The van der Waals surface area contributed by atoms with Crippen LogP contribution in [0, 0.1) is 5.92 Å². The number of aromatic nitrogens is 2. The molecule has 1 aliphatic rings. The summed E-state index contributed by atoms with van der Waals surface area (Å²) in [6, 6.07) is 7.35. The summed E-state index contributed by atoms with van der Waals surface area (Å²) < 4.78 is 34.6. The third-order valence-corrected chi connectivity index (χ3v) is 6.73. The van der Waals surface area contributed by atoms with Gasteiger partial charge >= 0.3 is 0 Å². The number of para-hydroxylation sites is 2. The van der Waals surface area contributed by atoms with E-state index in [0.29, 0.717) is 37.4 Å². The molecule has 1 amide bonds. The number of benzene rings is 1. The minimum atomic E-state index is -3.73. The standard InChI is InChI=1S/C20H28N4O4S/c1-4-28-18-10-6-5-9-17(18)22-20(25)16-8-7-11-24(12-16)29(26,27)19-13-23(14-21-19)15(2)3/h5-6,9-10,13-16H,4,7-8,11-12H2,1-3H3,(H,22,25)/t16-/m1/s1. The fraction of sp³-hybridized carbons (Fsp3) is 0.500. The van der Waals surface area contributed by atoms with E-state index in [2.05, 4.69) is 10.3 Å². The first kappa shape index (κ1) is 21.3. The Morgan fingerprint density at radius 2 is 2.10 bits per heavy atom. The molecule has 9 heteroatoms. The van der Waals surface area contributed by atoms with Crippen molar-refractivity contribution in [2.75, 3.05) is 25.0 Å². The number of anilines is 1. The van der Waals surface area contributed by atoms with Crippen molar-refractivity contribution in [3.05, 3.63) is 36.8 Å². The first-order valence-corrected chi connectivity index (χ1v) is 11.3. The number of sulfonamides is 1. The summed E-state index contributed by atoms with van der Waals surface area (Å²) in [5, 5.41) is 2.91. The first-order chi connectivity index (χ1) is 13.8. The molecule has 1 saturated heterocycles. The van der Waals surface area contributed by atoms with E-state index in [1.165, 1.54) is 10.6 Å². The van der Waals surface area contributed by atoms with Gasteiger partial charge in [0.25, 0.3) is 10.0 Å². The molecular formula is C20H28N4O4S. The topological polar surface area (TPSA) is 93.5 Å². The zero-order chi connectivity index (χ0) is 21.0. The lowest BCUT2D eigenvalue weighted by molar-refractivity contribution is -0.120. The second-order valence-corrected chi connectivity index (χ2v) is 9.26. The summed E-state index contributed by atoms with van der Waals surface area (Å²) in [5.41, 5.74) is 0.593. The Morgan fingerprint density at radius 1 is 1.34 bits per heavy atom. The number of piperidine rings is 1. The van der Waals surface area contributed by atoms with E-state index in [9.17, 15) is 13.2 Å². The smallest absolute Gasteiger partial charge is 0.262 e. The number of ether oxygens (including phenoxy) is 1. The van der Waals surface area contributed by atoms with Gasteiger partial charge in [0.05, 0.1) is 24.5 Å². The molecule has 0 unspecified atom stereocenters. The highest BCUT2D eigenvalue weighted by Gasteiger charge is 2.34. The van der Waals surface area contributed by atoms with Crippen LogP contribution in [0.4, 0.5) is 5.69 Å². The number of amides is 1. The summed E-state index contributed by atoms with van der Waals surface area (Å²) in [5.74, 6) is -0.0342. The summed E-state index contributed by atoms with van der Waals surface area (Å²) in [7, 11) is -3.73. The number of hydrogen-bond acceptors (Lipinski definition) is 5. The van der Waals surface area contributed by atoms with Gasteiger partial charge < -0.3 is 14.6 Å². The Balaban J connectivity index is 1.72. The van der Waals surface area contributed by atoms with Gasteiger partial charge in [0, 0.05) is 25.3 Å². The minimum Gasteiger partial charge on any atom is -0.492 e. The lowest BCUT2D eigenvalue weighted by Gasteiger charge is -2.30. The summed E-state index contributed by atoms with van der Waals surface area (Å²) in [6.45, 7) is 6.81. The molecule has 8 nitrogen and oxygen atoms in total. The maximum atomic E-state index is 13.0. The molecule has 2 aromatic rings. The van der Waals surface area contributed by atoms with Crippen LogP contribution in [-0.4, -0.2) is 47.9 Å². The van der Waals surface area contributed by atoms with Crippen LogP contribution in [0.1, 0.15) is 39.7 Å². The highest BCUT2D eigenvalue weighted by Crippen LogP contribution is 2.27. The SMILES string of the molecule is CCOc1ccccc1NC(=O)[C@@H]1CCCN(S(=O)(=O)c2cn(C(C)C)cn2)C1. The third kappa shape index (κ3) is 4.79. The average molecular weight is 421 g/mol. The molecule has 1 aromatic heterocycles. The van der Waals surface area contributed by atoms with Crippen molar-refractivity contribution in [3.8, 4) is 5.75 Å². The Bertz CT molecular complexity index is 955. The van der Waals surface area contributed by atoms with Gasteiger partial charge in [-0.25, -0.2) is 13.4 Å². The number of hydrogen-bond donors (Lipinski definition) is 1. The van der Waals surface area contributed by atoms with Gasteiger partial charge in [-0.05, 0) is 45.7 Å². The van der Waals surface area contributed by atoms with E-state index in [4.69, 9.17) is 4.74 Å². The molecule has 3 rings (SSSR count). The van der Waals surface area contributed by atoms with E-state index >= 15 is 0 Å². The molecule has 1 N–H and O–H groups in total. The maximum absolute atomic E-state index is 13.0. The van der Waals surface area contributed by atoms with E-state index in [1.807, 2.05) is 32.9 Å². The largest absolute Gasteiger partial charge is 0.492 e. The molecule has 0 spiro atoms. The fourth-order valence-electron chi connectivity index (χ4n) is 3.33. The third-order valence-electron chi connectivity index (χ3n) is 4.98. The second kappa shape index (κ2) is 8.96. The minimum absolute atomic E-state index is 0.0222. The predicted octanol–water partition coefficient (Wildman–Crippen LogP) is 2.90.